The van der Waals surface area contributed by atoms with Gasteiger partial charge in [0, 0.05) is 43.5 Å². The predicted octanol–water partition coefficient (Wildman–Crippen LogP) is 1.90. The molecule has 3 aromatic rings. The maximum atomic E-state index is 11.7. The topological polar surface area (TPSA) is 147 Å². The maximum Gasteiger partial charge on any atom is 0.277 e. The lowest BCUT2D eigenvalue weighted by Gasteiger charge is -2.14. The van der Waals surface area contributed by atoms with Crippen molar-refractivity contribution < 1.29 is 19.3 Å². The molecule has 2 heterocycles. The summed E-state index contributed by atoms with van der Waals surface area (Å²) >= 11 is 0. The van der Waals surface area contributed by atoms with Crippen molar-refractivity contribution in [3.8, 4) is 0 Å². The van der Waals surface area contributed by atoms with Crippen LogP contribution < -0.4 is 0 Å². The van der Waals surface area contributed by atoms with Crippen LogP contribution in [0.3, 0.4) is 0 Å². The number of hydrogen-bond acceptors (Lipinski definition) is 7. The number of rotatable bonds is 5. The van der Waals surface area contributed by atoms with Gasteiger partial charge in [-0.3, -0.25) is 24.5 Å². The molecule has 0 atom stereocenters. The molecule has 0 spiro atoms. The highest BCUT2D eigenvalue weighted by molar-refractivity contribution is 6.03. The number of nitrogens with zero attached hydrogens (tertiary/aromatic N) is 4. The summed E-state index contributed by atoms with van der Waals surface area (Å²) in [5.74, 6) is -0.0522. The van der Waals surface area contributed by atoms with Crippen molar-refractivity contribution in [3.63, 3.8) is 0 Å². The number of ketones is 1. The van der Waals surface area contributed by atoms with Gasteiger partial charge in [0.05, 0.1) is 17.6 Å². The molecule has 0 fully saturated rings. The molecule has 28 heavy (non-hydrogen) atoms. The largest absolute Gasteiger partial charge is 0.342 e. The first-order valence-electron chi connectivity index (χ1n) is 7.96. The third-order valence-electron chi connectivity index (χ3n) is 3.72. The number of carbonyl (C=O) groups excluding carboxylic acids is 2. The Kier molecular flexibility index (Phi) is 6.71. The SMILES string of the molecule is CON(C)C(=O)c1cccc([N+](=O)[O-])c1C.O=C(c1ncc[nH]1)c1ncc[nH]1. The number of hydrogen-bond donors (Lipinski definition) is 2. The molecule has 11 nitrogen and oxygen atoms in total. The van der Waals surface area contributed by atoms with E-state index in [-0.39, 0.29) is 17.0 Å². The van der Waals surface area contributed by atoms with Crippen molar-refractivity contribution >= 4 is 17.4 Å². The van der Waals surface area contributed by atoms with Crippen LogP contribution in [0.15, 0.2) is 43.0 Å². The number of aromatic nitrogens is 4. The molecule has 2 N–H and O–H groups in total. The first-order chi connectivity index (χ1) is 13.4. The molecule has 0 unspecified atom stereocenters. The average molecular weight is 386 g/mol. The Balaban J connectivity index is 0.000000207. The molecular formula is C17H18N6O5. The summed E-state index contributed by atoms with van der Waals surface area (Å²) in [4.78, 5) is 51.1. The van der Waals surface area contributed by atoms with Gasteiger partial charge in [-0.2, -0.15) is 0 Å². The van der Waals surface area contributed by atoms with E-state index in [0.717, 1.165) is 5.06 Å². The van der Waals surface area contributed by atoms with Gasteiger partial charge in [-0.15, -0.1) is 0 Å². The standard InChI is InChI=1S/C10H12N2O4.C7H6N4O/c1-7-8(10(13)11(2)16-3)5-4-6-9(7)12(14)15;12-5(6-8-1-2-9-6)7-10-3-4-11-7/h4-6H,1-3H3;1-4H,(H,8,9)(H,10,11). The highest BCUT2D eigenvalue weighted by Crippen LogP contribution is 2.21. The average Bonchev–Trinajstić information content (AvgIpc) is 3.40. The van der Waals surface area contributed by atoms with Crippen LogP contribution in [0.1, 0.15) is 32.4 Å². The van der Waals surface area contributed by atoms with E-state index in [1.165, 1.54) is 51.7 Å². The van der Waals surface area contributed by atoms with Gasteiger partial charge in [-0.1, -0.05) is 6.07 Å². The molecule has 3 rings (SSSR count). The molecule has 1 amide bonds. The van der Waals surface area contributed by atoms with E-state index < -0.39 is 10.8 Å². The number of nitrogens with one attached hydrogen (secondary N) is 2. The second-order valence-electron chi connectivity index (χ2n) is 5.40. The lowest BCUT2D eigenvalue weighted by Crippen LogP contribution is -2.26. The number of carbonyl (C=O) groups is 2. The second kappa shape index (κ2) is 9.19. The van der Waals surface area contributed by atoms with E-state index in [1.54, 1.807) is 12.4 Å². The summed E-state index contributed by atoms with van der Waals surface area (Å²) in [6, 6.07) is 4.36. The van der Waals surface area contributed by atoms with Crippen molar-refractivity contribution in [2.24, 2.45) is 0 Å². The zero-order chi connectivity index (χ0) is 20.7. The van der Waals surface area contributed by atoms with Gasteiger partial charge in [-0.25, -0.2) is 15.0 Å². The van der Waals surface area contributed by atoms with Crippen molar-refractivity contribution in [1.82, 2.24) is 25.0 Å². The van der Waals surface area contributed by atoms with Crippen LogP contribution >= 0.6 is 0 Å². The Morgan fingerprint density at radius 2 is 1.71 bits per heavy atom. The number of benzene rings is 1. The maximum absolute atomic E-state index is 11.7. The fourth-order valence-electron chi connectivity index (χ4n) is 2.20. The monoisotopic (exact) mass is 386 g/mol. The van der Waals surface area contributed by atoms with E-state index in [9.17, 15) is 19.7 Å². The minimum absolute atomic E-state index is 0.0737. The van der Waals surface area contributed by atoms with Crippen LogP contribution in [0, 0.1) is 17.0 Å². The number of imidazole rings is 2. The number of nitro groups is 1. The molecule has 2 aromatic heterocycles. The lowest BCUT2D eigenvalue weighted by atomic mass is 10.1. The summed E-state index contributed by atoms with van der Waals surface area (Å²) in [5, 5.41) is 11.7. The first kappa shape index (κ1) is 20.5. The van der Waals surface area contributed by atoms with Crippen LogP contribution in [0.2, 0.25) is 0 Å². The Morgan fingerprint density at radius 1 is 1.14 bits per heavy atom. The summed E-state index contributed by atoms with van der Waals surface area (Å²) in [6.07, 6.45) is 6.23. The molecule has 0 bridgehead atoms. The fourth-order valence-corrected chi connectivity index (χ4v) is 2.20. The van der Waals surface area contributed by atoms with Crippen LogP contribution in [-0.2, 0) is 4.84 Å². The van der Waals surface area contributed by atoms with E-state index in [0.29, 0.717) is 17.2 Å². The lowest BCUT2D eigenvalue weighted by molar-refractivity contribution is -0.385. The zero-order valence-corrected chi connectivity index (χ0v) is 15.4. The second-order valence-corrected chi connectivity index (χ2v) is 5.40. The summed E-state index contributed by atoms with van der Waals surface area (Å²) in [6.45, 7) is 1.54. The van der Waals surface area contributed by atoms with Gasteiger partial charge in [-0.05, 0) is 13.0 Å². The Hall–Kier alpha value is -3.86. The van der Waals surface area contributed by atoms with Crippen LogP contribution in [0.4, 0.5) is 5.69 Å². The molecule has 1 aromatic carbocycles. The molecular weight excluding hydrogens is 368 g/mol. The van der Waals surface area contributed by atoms with Gasteiger partial charge >= 0.3 is 0 Å². The molecule has 0 radical (unpaired) electrons. The highest BCUT2D eigenvalue weighted by Gasteiger charge is 2.20. The van der Waals surface area contributed by atoms with Gasteiger partial charge < -0.3 is 9.97 Å². The molecule has 146 valence electrons. The number of aromatic amines is 2. The first-order valence-corrected chi connectivity index (χ1v) is 7.96. The van der Waals surface area contributed by atoms with E-state index >= 15 is 0 Å². The van der Waals surface area contributed by atoms with E-state index in [4.69, 9.17) is 4.84 Å². The Morgan fingerprint density at radius 3 is 2.14 bits per heavy atom. The molecule has 0 aliphatic rings. The smallest absolute Gasteiger partial charge is 0.277 e. The minimum atomic E-state index is -0.515. The summed E-state index contributed by atoms with van der Waals surface area (Å²) in [5.41, 5.74) is 0.523. The third-order valence-corrected chi connectivity index (χ3v) is 3.72. The molecule has 0 saturated carbocycles. The molecule has 0 saturated heterocycles. The fraction of sp³-hybridized carbons (Fsp3) is 0.176. The number of amides is 1. The van der Waals surface area contributed by atoms with Crippen molar-refractivity contribution in [3.05, 3.63) is 75.9 Å². The molecule has 11 heteroatoms. The van der Waals surface area contributed by atoms with E-state index in [2.05, 4.69) is 19.9 Å². The minimum Gasteiger partial charge on any atom is -0.342 e. The van der Waals surface area contributed by atoms with Crippen LogP contribution in [0.25, 0.3) is 0 Å². The molecule has 0 aliphatic heterocycles. The Bertz CT molecular complexity index is 916. The summed E-state index contributed by atoms with van der Waals surface area (Å²) < 4.78 is 0. The highest BCUT2D eigenvalue weighted by atomic mass is 16.7. The van der Waals surface area contributed by atoms with Gasteiger partial charge in [0.1, 0.15) is 0 Å². The van der Waals surface area contributed by atoms with Crippen LogP contribution in [-0.4, -0.2) is 55.8 Å². The quantitative estimate of drug-likeness (QED) is 0.386. The van der Waals surface area contributed by atoms with Gasteiger partial charge in [0.2, 0.25) is 0 Å². The predicted molar refractivity (Wildman–Crippen MR) is 97.5 cm³/mol. The van der Waals surface area contributed by atoms with Crippen molar-refractivity contribution in [1.29, 1.82) is 0 Å². The van der Waals surface area contributed by atoms with Crippen molar-refractivity contribution in [2.45, 2.75) is 6.92 Å². The zero-order valence-electron chi connectivity index (χ0n) is 15.4. The summed E-state index contributed by atoms with van der Waals surface area (Å²) in [7, 11) is 2.80. The van der Waals surface area contributed by atoms with Crippen LogP contribution in [0.5, 0.6) is 0 Å². The normalized spacial score (nSPS) is 9.96. The Labute approximate surface area is 159 Å². The number of hydroxylamine groups is 2. The van der Waals surface area contributed by atoms with Crippen molar-refractivity contribution in [2.75, 3.05) is 14.2 Å². The number of nitro benzene ring substituents is 1. The third kappa shape index (κ3) is 4.65. The van der Waals surface area contributed by atoms with E-state index in [1.807, 2.05) is 0 Å². The van der Waals surface area contributed by atoms with Gasteiger partial charge in [0.25, 0.3) is 17.4 Å². The van der Waals surface area contributed by atoms with Gasteiger partial charge in [0.15, 0.2) is 11.6 Å². The molecule has 0 aliphatic carbocycles. The number of H-pyrrole nitrogens is 2.